The van der Waals surface area contributed by atoms with Crippen molar-refractivity contribution in [2.24, 2.45) is 0 Å². The monoisotopic (exact) mass is 423 g/mol. The maximum atomic E-state index is 12.5. The van der Waals surface area contributed by atoms with Crippen LogP contribution >= 0.6 is 22.6 Å². The smallest absolute Gasteiger partial charge is 0.265 e. The van der Waals surface area contributed by atoms with Gasteiger partial charge in [0.25, 0.3) is 5.91 Å². The normalized spacial score (nSPS) is 11.9. The quantitative estimate of drug-likeness (QED) is 0.687. The first-order valence-electron chi connectivity index (χ1n) is 7.72. The topological polar surface area (TPSA) is 38.3 Å². The van der Waals surface area contributed by atoms with E-state index in [9.17, 15) is 4.79 Å². The number of hydrogen-bond acceptors (Lipinski definition) is 2. The highest BCUT2D eigenvalue weighted by molar-refractivity contribution is 14.1. The third kappa shape index (κ3) is 4.47. The molecule has 0 bridgehead atoms. The molecule has 0 heterocycles. The number of aryl methyl sites for hydroxylation is 2. The maximum absolute atomic E-state index is 12.5. The lowest BCUT2D eigenvalue weighted by Gasteiger charge is -2.20. The summed E-state index contributed by atoms with van der Waals surface area (Å²) in [6, 6.07) is 11.9. The highest BCUT2D eigenvalue weighted by Crippen LogP contribution is 2.23. The molecule has 2 rings (SSSR count). The van der Waals surface area contributed by atoms with Gasteiger partial charge in [-0.3, -0.25) is 4.79 Å². The van der Waals surface area contributed by atoms with Crippen molar-refractivity contribution >= 4 is 34.2 Å². The second kappa shape index (κ2) is 7.81. The molecule has 0 aliphatic heterocycles. The molecular weight excluding hydrogens is 401 g/mol. The van der Waals surface area contributed by atoms with Crippen LogP contribution in [-0.2, 0) is 4.79 Å². The van der Waals surface area contributed by atoms with Crippen molar-refractivity contribution < 1.29 is 9.53 Å². The van der Waals surface area contributed by atoms with Crippen molar-refractivity contribution in [2.45, 2.75) is 40.2 Å². The molecule has 1 amide bonds. The van der Waals surface area contributed by atoms with Gasteiger partial charge in [0.15, 0.2) is 6.10 Å². The first-order valence-corrected chi connectivity index (χ1v) is 8.80. The molecule has 1 atom stereocenters. The Hall–Kier alpha value is -1.56. The fourth-order valence-electron chi connectivity index (χ4n) is 2.31. The lowest BCUT2D eigenvalue weighted by molar-refractivity contribution is -0.122. The molecule has 3 nitrogen and oxygen atoms in total. The number of ether oxygens (including phenoxy) is 1. The summed E-state index contributed by atoms with van der Waals surface area (Å²) in [5, 5.41) is 2.98. The standard InChI is InChI=1S/C19H22INO2/c1-5-17(23-18-8-6-7-12(2)14(18)4)19(22)21-16-10-9-15(20)11-13(16)3/h6-11,17H,5H2,1-4H3,(H,21,22)/t17-/m0/s1. The van der Waals surface area contributed by atoms with Gasteiger partial charge in [-0.15, -0.1) is 0 Å². The van der Waals surface area contributed by atoms with Gasteiger partial charge in [-0.1, -0.05) is 19.1 Å². The van der Waals surface area contributed by atoms with E-state index in [1.165, 1.54) is 0 Å². The summed E-state index contributed by atoms with van der Waals surface area (Å²) in [7, 11) is 0. The predicted molar refractivity (Wildman–Crippen MR) is 103 cm³/mol. The Bertz CT molecular complexity index is 713. The molecule has 0 saturated carbocycles. The number of anilines is 1. The summed E-state index contributed by atoms with van der Waals surface area (Å²) >= 11 is 2.26. The highest BCUT2D eigenvalue weighted by Gasteiger charge is 2.20. The Morgan fingerprint density at radius 1 is 1.17 bits per heavy atom. The number of halogens is 1. The van der Waals surface area contributed by atoms with E-state index >= 15 is 0 Å². The van der Waals surface area contributed by atoms with Crippen LogP contribution in [0.1, 0.15) is 30.0 Å². The van der Waals surface area contributed by atoms with E-state index < -0.39 is 6.10 Å². The predicted octanol–water partition coefficient (Wildman–Crippen LogP) is 5.01. The minimum Gasteiger partial charge on any atom is -0.480 e. The Kier molecular flexibility index (Phi) is 6.04. The lowest BCUT2D eigenvalue weighted by atomic mass is 10.1. The number of rotatable bonds is 5. The van der Waals surface area contributed by atoms with Crippen LogP contribution in [0.15, 0.2) is 36.4 Å². The molecule has 0 radical (unpaired) electrons. The third-order valence-corrected chi connectivity index (χ3v) is 4.60. The van der Waals surface area contributed by atoms with Crippen LogP contribution in [0.3, 0.4) is 0 Å². The van der Waals surface area contributed by atoms with E-state index in [1.54, 1.807) is 0 Å². The van der Waals surface area contributed by atoms with E-state index in [1.807, 2.05) is 64.1 Å². The number of hydrogen-bond donors (Lipinski definition) is 1. The van der Waals surface area contributed by atoms with Gasteiger partial charge in [-0.2, -0.15) is 0 Å². The van der Waals surface area contributed by atoms with E-state index in [0.29, 0.717) is 6.42 Å². The second-order valence-electron chi connectivity index (χ2n) is 5.66. The van der Waals surface area contributed by atoms with Gasteiger partial charge in [0.1, 0.15) is 5.75 Å². The number of amides is 1. The van der Waals surface area contributed by atoms with Gasteiger partial charge >= 0.3 is 0 Å². The highest BCUT2D eigenvalue weighted by atomic mass is 127. The summed E-state index contributed by atoms with van der Waals surface area (Å²) in [4.78, 5) is 12.5. The fourth-order valence-corrected chi connectivity index (χ4v) is 2.95. The molecule has 1 N–H and O–H groups in total. The van der Waals surface area contributed by atoms with Crippen LogP contribution in [0.5, 0.6) is 5.75 Å². The molecular formula is C19H22INO2. The Morgan fingerprint density at radius 2 is 1.91 bits per heavy atom. The minimum atomic E-state index is -0.505. The molecule has 0 aromatic heterocycles. The Labute approximate surface area is 151 Å². The van der Waals surface area contributed by atoms with Crippen molar-refractivity contribution in [1.82, 2.24) is 0 Å². The molecule has 122 valence electrons. The molecule has 0 unspecified atom stereocenters. The van der Waals surface area contributed by atoms with Gasteiger partial charge < -0.3 is 10.1 Å². The average Bonchev–Trinajstić information content (AvgIpc) is 2.51. The zero-order valence-corrected chi connectivity index (χ0v) is 16.1. The second-order valence-corrected chi connectivity index (χ2v) is 6.91. The molecule has 0 saturated heterocycles. The summed E-state index contributed by atoms with van der Waals surface area (Å²) in [5.41, 5.74) is 4.11. The van der Waals surface area contributed by atoms with Gasteiger partial charge in [-0.25, -0.2) is 0 Å². The fraction of sp³-hybridized carbons (Fsp3) is 0.316. The van der Waals surface area contributed by atoms with Crippen LogP contribution in [0.25, 0.3) is 0 Å². The SMILES string of the molecule is CC[C@H](Oc1cccc(C)c1C)C(=O)Nc1ccc(I)cc1C. The molecule has 0 aliphatic rings. The van der Waals surface area contributed by atoms with Gasteiger partial charge in [-0.05, 0) is 90.7 Å². The van der Waals surface area contributed by atoms with Gasteiger partial charge in [0.2, 0.25) is 0 Å². The van der Waals surface area contributed by atoms with Gasteiger partial charge in [0.05, 0.1) is 0 Å². The first-order chi connectivity index (χ1) is 10.9. The maximum Gasteiger partial charge on any atom is 0.265 e. The zero-order valence-electron chi connectivity index (χ0n) is 13.9. The van der Waals surface area contributed by atoms with E-state index in [0.717, 1.165) is 31.7 Å². The van der Waals surface area contributed by atoms with Crippen LogP contribution in [0.4, 0.5) is 5.69 Å². The summed E-state index contributed by atoms with van der Waals surface area (Å²) in [6.07, 6.45) is 0.108. The number of carbonyl (C=O) groups excluding carboxylic acids is 1. The van der Waals surface area contributed by atoms with Crippen LogP contribution in [0.2, 0.25) is 0 Å². The van der Waals surface area contributed by atoms with E-state index in [4.69, 9.17) is 4.74 Å². The molecule has 23 heavy (non-hydrogen) atoms. The molecule has 4 heteroatoms. The summed E-state index contributed by atoms with van der Waals surface area (Å²) < 4.78 is 7.11. The zero-order chi connectivity index (χ0) is 17.0. The van der Waals surface area contributed by atoms with Crippen molar-refractivity contribution in [3.63, 3.8) is 0 Å². The van der Waals surface area contributed by atoms with Crippen LogP contribution in [-0.4, -0.2) is 12.0 Å². The largest absolute Gasteiger partial charge is 0.480 e. The average molecular weight is 423 g/mol. The van der Waals surface area contributed by atoms with Crippen molar-refractivity contribution in [3.8, 4) is 5.75 Å². The number of benzene rings is 2. The number of carbonyl (C=O) groups is 1. The lowest BCUT2D eigenvalue weighted by Crippen LogP contribution is -2.32. The molecule has 0 aliphatic carbocycles. The third-order valence-electron chi connectivity index (χ3n) is 3.93. The van der Waals surface area contributed by atoms with Crippen molar-refractivity contribution in [1.29, 1.82) is 0 Å². The van der Waals surface area contributed by atoms with Crippen LogP contribution < -0.4 is 10.1 Å². The molecule has 0 fully saturated rings. The molecule has 2 aromatic carbocycles. The van der Waals surface area contributed by atoms with Crippen molar-refractivity contribution in [2.75, 3.05) is 5.32 Å². The van der Waals surface area contributed by atoms with Crippen LogP contribution in [0, 0.1) is 24.3 Å². The Morgan fingerprint density at radius 3 is 2.57 bits per heavy atom. The first kappa shape index (κ1) is 17.8. The van der Waals surface area contributed by atoms with Crippen molar-refractivity contribution in [3.05, 3.63) is 56.7 Å². The minimum absolute atomic E-state index is 0.113. The summed E-state index contributed by atoms with van der Waals surface area (Å²) in [5.74, 6) is 0.657. The number of nitrogens with one attached hydrogen (secondary N) is 1. The van der Waals surface area contributed by atoms with E-state index in [2.05, 4.69) is 27.9 Å². The van der Waals surface area contributed by atoms with Gasteiger partial charge in [0, 0.05) is 9.26 Å². The Balaban J connectivity index is 2.14. The summed E-state index contributed by atoms with van der Waals surface area (Å²) in [6.45, 7) is 8.00. The molecule has 0 spiro atoms. The van der Waals surface area contributed by atoms with E-state index in [-0.39, 0.29) is 5.91 Å². The molecule has 2 aromatic rings.